The minimum Gasteiger partial charge on any atom is -0.454 e. The lowest BCUT2D eigenvalue weighted by Gasteiger charge is -2.21. The number of benzene rings is 1. The number of para-hydroxylation sites is 1. The Balaban J connectivity index is 1.59. The number of anilines is 1. The number of likely N-dealkylation sites (tertiary alicyclic amines) is 1. The quantitative estimate of drug-likeness (QED) is 0.451. The monoisotopic (exact) mass is 398 g/mol. The average Bonchev–Trinajstić information content (AvgIpc) is 2.97. The van der Waals surface area contributed by atoms with E-state index in [0.717, 1.165) is 22.4 Å². The maximum atomic E-state index is 12.6. The standard InChI is InChI=1S/C22H26N2O5/c1-4-15-9-7-8-13(2)19(15)23-18(25)12-29-22(28)14(3)24-20(26)16-10-5-6-11-17(16)21(24)27/h5-9,14,16-17H,4,10-12H2,1-3H3,(H,23,25)/t14-,16-,17-/m0/s1. The summed E-state index contributed by atoms with van der Waals surface area (Å²) in [4.78, 5) is 50.8. The van der Waals surface area contributed by atoms with Gasteiger partial charge in [-0.3, -0.25) is 19.3 Å². The van der Waals surface area contributed by atoms with Crippen LogP contribution in [0.25, 0.3) is 0 Å². The number of rotatable bonds is 6. The van der Waals surface area contributed by atoms with Crippen LogP contribution in [0, 0.1) is 18.8 Å². The Labute approximate surface area is 170 Å². The number of ether oxygens (including phenoxy) is 1. The smallest absolute Gasteiger partial charge is 0.329 e. The lowest BCUT2D eigenvalue weighted by Crippen LogP contribution is -2.45. The highest BCUT2D eigenvalue weighted by Gasteiger charge is 2.50. The number of carbonyl (C=O) groups excluding carboxylic acids is 4. The summed E-state index contributed by atoms with van der Waals surface area (Å²) in [5, 5.41) is 2.78. The van der Waals surface area contributed by atoms with E-state index in [-0.39, 0.29) is 11.8 Å². The van der Waals surface area contributed by atoms with Crippen LogP contribution in [-0.4, -0.2) is 41.2 Å². The summed E-state index contributed by atoms with van der Waals surface area (Å²) in [7, 11) is 0. The van der Waals surface area contributed by atoms with Gasteiger partial charge >= 0.3 is 5.97 Å². The fraction of sp³-hybridized carbons (Fsp3) is 0.455. The molecule has 1 aromatic rings. The van der Waals surface area contributed by atoms with E-state index >= 15 is 0 Å². The molecule has 7 heteroatoms. The SMILES string of the molecule is CCc1cccc(C)c1NC(=O)COC(=O)[C@H](C)N1C(=O)[C@H]2CC=CC[C@@H]2C1=O. The third-order valence-corrected chi connectivity index (χ3v) is 5.62. The van der Waals surface area contributed by atoms with E-state index in [9.17, 15) is 19.2 Å². The second-order valence-corrected chi connectivity index (χ2v) is 7.50. The van der Waals surface area contributed by atoms with Gasteiger partial charge < -0.3 is 10.1 Å². The molecule has 1 aromatic carbocycles. The number of imide groups is 1. The summed E-state index contributed by atoms with van der Waals surface area (Å²) >= 11 is 0. The van der Waals surface area contributed by atoms with Gasteiger partial charge in [0.2, 0.25) is 11.8 Å². The van der Waals surface area contributed by atoms with Gasteiger partial charge in [-0.1, -0.05) is 37.3 Å². The molecule has 0 aromatic heterocycles. The van der Waals surface area contributed by atoms with Gasteiger partial charge in [0.1, 0.15) is 6.04 Å². The highest BCUT2D eigenvalue weighted by molar-refractivity contribution is 6.08. The summed E-state index contributed by atoms with van der Waals surface area (Å²) in [6, 6.07) is 4.68. The summed E-state index contributed by atoms with van der Waals surface area (Å²) in [6.07, 6.45) is 5.54. The van der Waals surface area contributed by atoms with E-state index in [0.29, 0.717) is 18.5 Å². The van der Waals surface area contributed by atoms with Crippen molar-refractivity contribution in [2.75, 3.05) is 11.9 Å². The maximum Gasteiger partial charge on any atom is 0.329 e. The molecule has 1 aliphatic carbocycles. The molecule has 1 fully saturated rings. The zero-order chi connectivity index (χ0) is 21.1. The van der Waals surface area contributed by atoms with Gasteiger partial charge in [-0.05, 0) is 44.2 Å². The number of fused-ring (bicyclic) bond motifs is 1. The molecule has 1 saturated heterocycles. The molecular weight excluding hydrogens is 372 g/mol. The Kier molecular flexibility index (Phi) is 6.15. The fourth-order valence-electron chi connectivity index (χ4n) is 3.95. The molecule has 0 unspecified atom stereocenters. The van der Waals surface area contributed by atoms with Crippen LogP contribution in [0.3, 0.4) is 0 Å². The lowest BCUT2D eigenvalue weighted by atomic mass is 9.85. The molecule has 29 heavy (non-hydrogen) atoms. The van der Waals surface area contributed by atoms with Crippen molar-refractivity contribution >= 4 is 29.4 Å². The Morgan fingerprint density at radius 1 is 1.17 bits per heavy atom. The van der Waals surface area contributed by atoms with Crippen molar-refractivity contribution in [1.82, 2.24) is 4.90 Å². The minimum atomic E-state index is -1.06. The molecule has 0 radical (unpaired) electrons. The topological polar surface area (TPSA) is 92.8 Å². The fourth-order valence-corrected chi connectivity index (χ4v) is 3.95. The van der Waals surface area contributed by atoms with Crippen molar-refractivity contribution < 1.29 is 23.9 Å². The first-order chi connectivity index (χ1) is 13.8. The molecule has 7 nitrogen and oxygen atoms in total. The predicted octanol–water partition coefficient (Wildman–Crippen LogP) is 2.38. The van der Waals surface area contributed by atoms with Gasteiger partial charge in [0.05, 0.1) is 11.8 Å². The van der Waals surface area contributed by atoms with E-state index < -0.39 is 36.4 Å². The molecule has 1 N–H and O–H groups in total. The van der Waals surface area contributed by atoms with Gasteiger partial charge in [-0.25, -0.2) is 4.79 Å². The maximum absolute atomic E-state index is 12.6. The number of hydrogen-bond donors (Lipinski definition) is 1. The molecule has 0 spiro atoms. The highest BCUT2D eigenvalue weighted by Crippen LogP contribution is 2.36. The zero-order valence-corrected chi connectivity index (χ0v) is 16.9. The number of allylic oxidation sites excluding steroid dienone is 2. The minimum absolute atomic E-state index is 0.342. The largest absolute Gasteiger partial charge is 0.454 e. The summed E-state index contributed by atoms with van der Waals surface area (Å²) in [5.41, 5.74) is 2.62. The average molecular weight is 398 g/mol. The first-order valence-electron chi connectivity index (χ1n) is 9.92. The summed E-state index contributed by atoms with van der Waals surface area (Å²) in [6.45, 7) is 4.85. The third kappa shape index (κ3) is 4.09. The highest BCUT2D eigenvalue weighted by atomic mass is 16.5. The molecule has 154 valence electrons. The lowest BCUT2D eigenvalue weighted by molar-refractivity contribution is -0.159. The van der Waals surface area contributed by atoms with Crippen LogP contribution in [0.5, 0.6) is 0 Å². The Hall–Kier alpha value is -2.96. The van der Waals surface area contributed by atoms with Crippen LogP contribution in [0.2, 0.25) is 0 Å². The van der Waals surface area contributed by atoms with Gasteiger partial charge in [0.25, 0.3) is 5.91 Å². The van der Waals surface area contributed by atoms with Gasteiger partial charge in [-0.15, -0.1) is 0 Å². The molecule has 1 heterocycles. The number of nitrogens with one attached hydrogen (secondary N) is 1. The number of amides is 3. The second kappa shape index (κ2) is 8.59. The molecule has 2 aliphatic rings. The van der Waals surface area contributed by atoms with Crippen LogP contribution >= 0.6 is 0 Å². The number of esters is 1. The van der Waals surface area contributed by atoms with Crippen molar-refractivity contribution in [3.63, 3.8) is 0 Å². The first kappa shape index (κ1) is 20.8. The van der Waals surface area contributed by atoms with E-state index in [2.05, 4.69) is 5.32 Å². The number of hydrogen-bond acceptors (Lipinski definition) is 5. The zero-order valence-electron chi connectivity index (χ0n) is 16.9. The Morgan fingerprint density at radius 2 is 1.79 bits per heavy atom. The summed E-state index contributed by atoms with van der Waals surface area (Å²) in [5.74, 6) is -2.73. The van der Waals surface area contributed by atoms with Crippen molar-refractivity contribution in [2.45, 2.75) is 46.1 Å². The third-order valence-electron chi connectivity index (χ3n) is 5.62. The van der Waals surface area contributed by atoms with E-state index in [1.54, 1.807) is 0 Å². The number of carbonyl (C=O) groups is 4. The Morgan fingerprint density at radius 3 is 2.38 bits per heavy atom. The molecule has 3 rings (SSSR count). The summed E-state index contributed by atoms with van der Waals surface area (Å²) < 4.78 is 5.10. The van der Waals surface area contributed by atoms with Crippen LogP contribution in [-0.2, 0) is 30.3 Å². The van der Waals surface area contributed by atoms with E-state index in [4.69, 9.17) is 4.74 Å². The molecule has 3 amide bonds. The Bertz CT molecular complexity index is 850. The first-order valence-corrected chi connectivity index (χ1v) is 9.92. The molecule has 0 bridgehead atoms. The normalized spacial score (nSPS) is 21.7. The molecular formula is C22H26N2O5. The van der Waals surface area contributed by atoms with Crippen molar-refractivity contribution in [3.05, 3.63) is 41.5 Å². The van der Waals surface area contributed by atoms with Crippen molar-refractivity contribution in [3.8, 4) is 0 Å². The van der Waals surface area contributed by atoms with Crippen LogP contribution in [0.1, 0.15) is 37.8 Å². The van der Waals surface area contributed by atoms with Crippen molar-refractivity contribution in [2.24, 2.45) is 11.8 Å². The molecule has 3 atom stereocenters. The second-order valence-electron chi connectivity index (χ2n) is 7.50. The van der Waals surface area contributed by atoms with Gasteiger partial charge in [0.15, 0.2) is 6.61 Å². The number of nitrogens with zero attached hydrogens (tertiary/aromatic N) is 1. The van der Waals surface area contributed by atoms with Gasteiger partial charge in [0, 0.05) is 5.69 Å². The van der Waals surface area contributed by atoms with Gasteiger partial charge in [-0.2, -0.15) is 0 Å². The van der Waals surface area contributed by atoms with Crippen molar-refractivity contribution in [1.29, 1.82) is 0 Å². The van der Waals surface area contributed by atoms with Crippen LogP contribution < -0.4 is 5.32 Å². The van der Waals surface area contributed by atoms with E-state index in [1.807, 2.05) is 44.2 Å². The van der Waals surface area contributed by atoms with Crippen LogP contribution in [0.15, 0.2) is 30.4 Å². The predicted molar refractivity (Wildman–Crippen MR) is 107 cm³/mol. The van der Waals surface area contributed by atoms with E-state index in [1.165, 1.54) is 6.92 Å². The number of aryl methyl sites for hydroxylation is 2. The van der Waals surface area contributed by atoms with Crippen LogP contribution in [0.4, 0.5) is 5.69 Å². The molecule has 1 aliphatic heterocycles. The molecule has 0 saturated carbocycles.